The van der Waals surface area contributed by atoms with Crippen molar-refractivity contribution in [3.05, 3.63) is 0 Å². The molecule has 0 rings (SSSR count). The van der Waals surface area contributed by atoms with Crippen molar-refractivity contribution < 1.29 is 0 Å². The number of unbranched alkanes of at least 4 members (excludes halogenated alkanes) is 6. The van der Waals surface area contributed by atoms with Gasteiger partial charge in [-0.3, -0.25) is 0 Å². The van der Waals surface area contributed by atoms with Crippen molar-refractivity contribution in [1.29, 1.82) is 0 Å². The molecular formula is C14H30. The summed E-state index contributed by atoms with van der Waals surface area (Å²) in [5.74, 6) is 0.973. The van der Waals surface area contributed by atoms with Crippen molar-refractivity contribution in [3.63, 3.8) is 0 Å². The first kappa shape index (κ1) is 14.0. The van der Waals surface area contributed by atoms with Gasteiger partial charge in [-0.1, -0.05) is 85.0 Å². The Labute approximate surface area is 91.5 Å². The fraction of sp³-hybridized carbons (Fsp3) is 1.00. The summed E-state index contributed by atoms with van der Waals surface area (Å²) in [6.45, 7) is 6.99. The van der Waals surface area contributed by atoms with Crippen molar-refractivity contribution in [1.82, 2.24) is 0 Å². The van der Waals surface area contributed by atoms with E-state index >= 15 is 0 Å². The molecule has 1 unspecified atom stereocenters. The van der Waals surface area contributed by atoms with Crippen molar-refractivity contribution >= 4 is 0 Å². The Bertz CT molecular complexity index is 96.2. The third-order valence-electron chi connectivity index (χ3n) is 3.10. The second-order valence-corrected chi connectivity index (χ2v) is 4.80. The van der Waals surface area contributed by atoms with Gasteiger partial charge < -0.3 is 0 Å². The SMILES string of the molecule is CCCCCCCCC(C)CCCC. The molecule has 0 radical (unpaired) electrons. The van der Waals surface area contributed by atoms with E-state index in [0.717, 1.165) is 5.92 Å². The molecule has 0 aliphatic rings. The summed E-state index contributed by atoms with van der Waals surface area (Å²) in [4.78, 5) is 0. The van der Waals surface area contributed by atoms with Gasteiger partial charge in [-0.2, -0.15) is 0 Å². The van der Waals surface area contributed by atoms with Gasteiger partial charge in [0, 0.05) is 0 Å². The Morgan fingerprint density at radius 1 is 0.643 bits per heavy atom. The highest BCUT2D eigenvalue weighted by molar-refractivity contribution is 4.54. The zero-order chi connectivity index (χ0) is 10.6. The second kappa shape index (κ2) is 11.1. The van der Waals surface area contributed by atoms with Crippen LogP contribution in [0.2, 0.25) is 0 Å². The topological polar surface area (TPSA) is 0 Å². The predicted octanol–water partition coefficient (Wildman–Crippen LogP) is 5.56. The monoisotopic (exact) mass is 198 g/mol. The van der Waals surface area contributed by atoms with Crippen molar-refractivity contribution in [2.24, 2.45) is 5.92 Å². The molecule has 0 N–H and O–H groups in total. The van der Waals surface area contributed by atoms with E-state index in [-0.39, 0.29) is 0 Å². The highest BCUT2D eigenvalue weighted by Crippen LogP contribution is 2.16. The highest BCUT2D eigenvalue weighted by Gasteiger charge is 2.00. The molecule has 0 heterocycles. The van der Waals surface area contributed by atoms with Crippen LogP contribution in [0.3, 0.4) is 0 Å². The summed E-state index contributed by atoms with van der Waals surface area (Å²) >= 11 is 0. The first-order valence-corrected chi connectivity index (χ1v) is 6.81. The molecule has 0 aliphatic carbocycles. The first-order valence-electron chi connectivity index (χ1n) is 6.81. The molecular weight excluding hydrogens is 168 g/mol. The minimum Gasteiger partial charge on any atom is -0.0654 e. The summed E-state index contributed by atoms with van der Waals surface area (Å²) in [5.41, 5.74) is 0. The molecule has 0 saturated carbocycles. The molecule has 0 aromatic rings. The summed E-state index contributed by atoms with van der Waals surface area (Å²) in [7, 11) is 0. The second-order valence-electron chi connectivity index (χ2n) is 4.80. The van der Waals surface area contributed by atoms with Crippen LogP contribution in [0.1, 0.15) is 85.0 Å². The lowest BCUT2D eigenvalue weighted by Crippen LogP contribution is -1.94. The van der Waals surface area contributed by atoms with Crippen LogP contribution in [-0.4, -0.2) is 0 Å². The summed E-state index contributed by atoms with van der Waals surface area (Å²) in [6.07, 6.45) is 14.4. The first-order chi connectivity index (χ1) is 6.81. The van der Waals surface area contributed by atoms with Gasteiger partial charge in [-0.15, -0.1) is 0 Å². The largest absolute Gasteiger partial charge is 0.0654 e. The smallest absolute Gasteiger partial charge is 0.0443 e. The molecule has 86 valence electrons. The molecule has 0 nitrogen and oxygen atoms in total. The summed E-state index contributed by atoms with van der Waals surface area (Å²) < 4.78 is 0. The van der Waals surface area contributed by atoms with Crippen LogP contribution in [0, 0.1) is 5.92 Å². The average Bonchev–Trinajstić information content (AvgIpc) is 2.20. The number of hydrogen-bond acceptors (Lipinski definition) is 0. The molecule has 14 heavy (non-hydrogen) atoms. The standard InChI is InChI=1S/C14H30/c1-4-6-8-9-10-11-13-14(3)12-7-5-2/h14H,4-13H2,1-3H3. The van der Waals surface area contributed by atoms with Gasteiger partial charge in [-0.05, 0) is 5.92 Å². The Morgan fingerprint density at radius 2 is 1.14 bits per heavy atom. The van der Waals surface area contributed by atoms with Gasteiger partial charge in [-0.25, -0.2) is 0 Å². The predicted molar refractivity (Wildman–Crippen MR) is 66.7 cm³/mol. The minimum atomic E-state index is 0.973. The van der Waals surface area contributed by atoms with E-state index in [4.69, 9.17) is 0 Å². The summed E-state index contributed by atoms with van der Waals surface area (Å²) in [5, 5.41) is 0. The number of hydrogen-bond donors (Lipinski definition) is 0. The van der Waals surface area contributed by atoms with Crippen LogP contribution in [0.4, 0.5) is 0 Å². The average molecular weight is 198 g/mol. The molecule has 0 fully saturated rings. The van der Waals surface area contributed by atoms with Crippen LogP contribution < -0.4 is 0 Å². The van der Waals surface area contributed by atoms with Gasteiger partial charge in [0.05, 0.1) is 0 Å². The van der Waals surface area contributed by atoms with Gasteiger partial charge in [0.15, 0.2) is 0 Å². The van der Waals surface area contributed by atoms with E-state index in [1.165, 1.54) is 64.2 Å². The van der Waals surface area contributed by atoms with Crippen molar-refractivity contribution in [2.75, 3.05) is 0 Å². The lowest BCUT2D eigenvalue weighted by Gasteiger charge is -2.09. The van der Waals surface area contributed by atoms with E-state index in [9.17, 15) is 0 Å². The molecule has 0 heteroatoms. The maximum Gasteiger partial charge on any atom is -0.0443 e. The van der Waals surface area contributed by atoms with E-state index in [1.54, 1.807) is 0 Å². The molecule has 0 aliphatic heterocycles. The third kappa shape index (κ3) is 10.1. The quantitative estimate of drug-likeness (QED) is 0.403. The van der Waals surface area contributed by atoms with E-state index in [1.807, 2.05) is 0 Å². The van der Waals surface area contributed by atoms with E-state index in [0.29, 0.717) is 0 Å². The van der Waals surface area contributed by atoms with Crippen molar-refractivity contribution in [2.45, 2.75) is 85.0 Å². The maximum atomic E-state index is 2.42. The zero-order valence-electron chi connectivity index (χ0n) is 10.6. The Kier molecular flexibility index (Phi) is 11.1. The van der Waals surface area contributed by atoms with E-state index < -0.39 is 0 Å². The maximum absolute atomic E-state index is 2.42. The minimum absolute atomic E-state index is 0.973. The van der Waals surface area contributed by atoms with Crippen LogP contribution in [0.15, 0.2) is 0 Å². The molecule has 0 spiro atoms. The normalized spacial score (nSPS) is 13.1. The van der Waals surface area contributed by atoms with Gasteiger partial charge in [0.2, 0.25) is 0 Å². The van der Waals surface area contributed by atoms with Crippen LogP contribution in [0.5, 0.6) is 0 Å². The fourth-order valence-electron chi connectivity index (χ4n) is 1.97. The van der Waals surface area contributed by atoms with Gasteiger partial charge in [0.1, 0.15) is 0 Å². The Hall–Kier alpha value is 0. The van der Waals surface area contributed by atoms with Crippen LogP contribution >= 0.6 is 0 Å². The van der Waals surface area contributed by atoms with E-state index in [2.05, 4.69) is 20.8 Å². The molecule has 1 atom stereocenters. The molecule has 0 aromatic heterocycles. The number of rotatable bonds is 10. The highest BCUT2D eigenvalue weighted by atomic mass is 14.1. The Balaban J connectivity index is 3.02. The van der Waals surface area contributed by atoms with Crippen LogP contribution in [-0.2, 0) is 0 Å². The lowest BCUT2D eigenvalue weighted by molar-refractivity contribution is 0.442. The molecule has 0 aromatic carbocycles. The third-order valence-corrected chi connectivity index (χ3v) is 3.10. The van der Waals surface area contributed by atoms with Gasteiger partial charge >= 0.3 is 0 Å². The van der Waals surface area contributed by atoms with Crippen molar-refractivity contribution in [3.8, 4) is 0 Å². The molecule has 0 amide bonds. The Morgan fingerprint density at radius 3 is 1.79 bits per heavy atom. The molecule has 0 saturated heterocycles. The lowest BCUT2D eigenvalue weighted by atomic mass is 9.97. The van der Waals surface area contributed by atoms with Crippen LogP contribution in [0.25, 0.3) is 0 Å². The molecule has 0 bridgehead atoms. The zero-order valence-corrected chi connectivity index (χ0v) is 10.6. The van der Waals surface area contributed by atoms with Gasteiger partial charge in [0.25, 0.3) is 0 Å². The summed E-state index contributed by atoms with van der Waals surface area (Å²) in [6, 6.07) is 0. The fourth-order valence-corrected chi connectivity index (χ4v) is 1.97.